The Morgan fingerprint density at radius 2 is 1.91 bits per heavy atom. The van der Waals surface area contributed by atoms with E-state index in [1.54, 1.807) is 0 Å². The highest BCUT2D eigenvalue weighted by Gasteiger charge is 2.46. The van der Waals surface area contributed by atoms with Gasteiger partial charge in [0.15, 0.2) is 0 Å². The zero-order valence-corrected chi connectivity index (χ0v) is 18.0. The van der Waals surface area contributed by atoms with Crippen LogP contribution in [0.15, 0.2) is 24.3 Å². The molecule has 2 heterocycles. The van der Waals surface area contributed by atoms with Gasteiger partial charge in [0, 0.05) is 49.4 Å². The minimum atomic E-state index is -4.42. The number of nitrogens with one attached hydrogen (secondary N) is 3. The molecule has 0 spiro atoms. The number of hydrogen-bond acceptors (Lipinski definition) is 7. The quantitative estimate of drug-likeness (QED) is 0.426. The molecule has 2 saturated heterocycles. The molecule has 2 aliphatic heterocycles. The molecule has 5 atom stereocenters. The van der Waals surface area contributed by atoms with Crippen LogP contribution in [0.5, 0.6) is 0 Å². The smallest absolute Gasteiger partial charge is 0.379 e. The highest BCUT2D eigenvalue weighted by atomic mass is 19.4. The Bertz CT molecular complexity index is 847. The number of amides is 1. The molecule has 9 nitrogen and oxygen atoms in total. The van der Waals surface area contributed by atoms with E-state index in [1.807, 2.05) is 0 Å². The number of benzene rings is 1. The fourth-order valence-electron chi connectivity index (χ4n) is 5.03. The maximum atomic E-state index is 13.0. The van der Waals surface area contributed by atoms with Gasteiger partial charge in [-0.3, -0.25) is 25.2 Å². The summed E-state index contributed by atoms with van der Waals surface area (Å²) < 4.78 is 44.3. The summed E-state index contributed by atoms with van der Waals surface area (Å²) in [4.78, 5) is 26.0. The number of hydrazine groups is 1. The fourth-order valence-corrected chi connectivity index (χ4v) is 5.03. The summed E-state index contributed by atoms with van der Waals surface area (Å²) in [7, 11) is 0. The van der Waals surface area contributed by atoms with Crippen molar-refractivity contribution in [3.05, 3.63) is 45.5 Å². The molecule has 1 aromatic rings. The first kappa shape index (κ1) is 23.9. The molecular formula is C21H28F3N5O4. The van der Waals surface area contributed by atoms with E-state index in [0.29, 0.717) is 51.1 Å². The molecule has 1 amide bonds. The molecule has 5 unspecified atom stereocenters. The van der Waals surface area contributed by atoms with Crippen LogP contribution in [0.25, 0.3) is 0 Å². The molecule has 0 bridgehead atoms. The standard InChI is InChI=1S/C21H28F3N5O4/c22-21(23,24)14-3-1-13(2-4-14)18(28-7-9-33-10-8-28)12-25-20(30)19-16-11-15(29(31)32)5-6-17(16)26-27-19/h1-4,15-19,26-27H,5-12H2,(H,25,30). The highest BCUT2D eigenvalue weighted by molar-refractivity contribution is 5.82. The zero-order chi connectivity index (χ0) is 23.6. The number of alkyl halides is 3. The van der Waals surface area contributed by atoms with Gasteiger partial charge < -0.3 is 10.1 Å². The number of morpholine rings is 1. The van der Waals surface area contributed by atoms with Gasteiger partial charge >= 0.3 is 6.18 Å². The number of carbonyl (C=O) groups is 1. The lowest BCUT2D eigenvalue weighted by Crippen LogP contribution is -2.50. The lowest BCUT2D eigenvalue weighted by molar-refractivity contribution is -0.528. The minimum absolute atomic E-state index is 0.00176. The van der Waals surface area contributed by atoms with Gasteiger partial charge in [-0.05, 0) is 24.1 Å². The third-order valence-electron chi connectivity index (χ3n) is 6.88. The number of nitro groups is 1. The minimum Gasteiger partial charge on any atom is -0.379 e. The molecular weight excluding hydrogens is 443 g/mol. The van der Waals surface area contributed by atoms with Crippen LogP contribution in [0.2, 0.25) is 0 Å². The summed E-state index contributed by atoms with van der Waals surface area (Å²) in [5, 5.41) is 14.2. The maximum absolute atomic E-state index is 13.0. The Morgan fingerprint density at radius 3 is 2.55 bits per heavy atom. The van der Waals surface area contributed by atoms with Gasteiger partial charge in [-0.25, -0.2) is 5.43 Å². The zero-order valence-electron chi connectivity index (χ0n) is 18.0. The molecule has 4 rings (SSSR count). The number of carbonyl (C=O) groups excluding carboxylic acids is 1. The SMILES string of the molecule is O=C(NCC(c1ccc(C(F)(F)F)cc1)N1CCOCC1)C1NNC2CCC([N+](=O)[O-])CC21. The second-order valence-corrected chi connectivity index (χ2v) is 8.82. The van der Waals surface area contributed by atoms with Gasteiger partial charge in [-0.1, -0.05) is 12.1 Å². The fraction of sp³-hybridized carbons (Fsp3) is 0.667. The third kappa shape index (κ3) is 5.45. The summed E-state index contributed by atoms with van der Waals surface area (Å²) >= 11 is 0. The molecule has 12 heteroatoms. The van der Waals surface area contributed by atoms with E-state index in [9.17, 15) is 28.1 Å². The van der Waals surface area contributed by atoms with Gasteiger partial charge in [0.2, 0.25) is 11.9 Å². The predicted molar refractivity (Wildman–Crippen MR) is 112 cm³/mol. The van der Waals surface area contributed by atoms with Gasteiger partial charge in [-0.2, -0.15) is 13.2 Å². The van der Waals surface area contributed by atoms with Gasteiger partial charge in [0.1, 0.15) is 6.04 Å². The van der Waals surface area contributed by atoms with Gasteiger partial charge in [-0.15, -0.1) is 0 Å². The van der Waals surface area contributed by atoms with Crippen LogP contribution in [0.1, 0.15) is 36.4 Å². The lowest BCUT2D eigenvalue weighted by Gasteiger charge is -2.35. The van der Waals surface area contributed by atoms with Crippen molar-refractivity contribution in [1.82, 2.24) is 21.1 Å². The second kappa shape index (κ2) is 9.92. The number of hydrogen-bond donors (Lipinski definition) is 3. The van der Waals surface area contributed by atoms with E-state index in [4.69, 9.17) is 4.74 Å². The summed E-state index contributed by atoms with van der Waals surface area (Å²) in [6.45, 7) is 2.41. The number of halogens is 3. The Kier molecular flexibility index (Phi) is 7.17. The molecule has 3 N–H and O–H groups in total. The summed E-state index contributed by atoms with van der Waals surface area (Å²) in [5.41, 5.74) is 6.02. The number of ether oxygens (including phenoxy) is 1. The summed E-state index contributed by atoms with van der Waals surface area (Å²) in [6, 6.07) is 3.43. The summed E-state index contributed by atoms with van der Waals surface area (Å²) in [6.07, 6.45) is -3.00. The first-order chi connectivity index (χ1) is 15.7. The highest BCUT2D eigenvalue weighted by Crippen LogP contribution is 2.33. The van der Waals surface area contributed by atoms with Crippen LogP contribution in [0.4, 0.5) is 13.2 Å². The molecule has 0 aromatic heterocycles. The number of nitrogens with zero attached hydrogens (tertiary/aromatic N) is 2. The first-order valence-electron chi connectivity index (χ1n) is 11.1. The monoisotopic (exact) mass is 471 g/mol. The normalized spacial score (nSPS) is 29.3. The molecule has 1 aliphatic carbocycles. The lowest BCUT2D eigenvalue weighted by atomic mass is 9.79. The number of rotatable bonds is 6. The Morgan fingerprint density at radius 1 is 1.21 bits per heavy atom. The summed E-state index contributed by atoms with van der Waals surface area (Å²) in [5.74, 6) is -0.466. The van der Waals surface area contributed by atoms with Crippen LogP contribution in [0, 0.1) is 16.0 Å². The molecule has 3 aliphatic rings. The Balaban J connectivity index is 1.44. The largest absolute Gasteiger partial charge is 0.416 e. The van der Waals surface area contributed by atoms with Crippen molar-refractivity contribution in [3.63, 3.8) is 0 Å². The molecule has 33 heavy (non-hydrogen) atoms. The third-order valence-corrected chi connectivity index (χ3v) is 6.88. The van der Waals surface area contributed by atoms with E-state index in [1.165, 1.54) is 12.1 Å². The van der Waals surface area contributed by atoms with Crippen molar-refractivity contribution in [1.29, 1.82) is 0 Å². The van der Waals surface area contributed by atoms with E-state index in [0.717, 1.165) is 12.1 Å². The Labute approximate surface area is 189 Å². The van der Waals surface area contributed by atoms with Gasteiger partial charge in [0.05, 0.1) is 24.8 Å². The molecule has 3 fully saturated rings. The van der Waals surface area contributed by atoms with Crippen LogP contribution in [0.3, 0.4) is 0 Å². The van der Waals surface area contributed by atoms with Crippen molar-refractivity contribution in [2.45, 2.75) is 49.6 Å². The average molecular weight is 471 g/mol. The Hall–Kier alpha value is -2.28. The van der Waals surface area contributed by atoms with Crippen molar-refractivity contribution < 1.29 is 27.6 Å². The second-order valence-electron chi connectivity index (χ2n) is 8.82. The van der Waals surface area contributed by atoms with Crippen LogP contribution < -0.4 is 16.2 Å². The topological polar surface area (TPSA) is 109 Å². The van der Waals surface area contributed by atoms with E-state index >= 15 is 0 Å². The average Bonchev–Trinajstić information content (AvgIpc) is 3.23. The molecule has 1 aromatic carbocycles. The van der Waals surface area contributed by atoms with E-state index in [2.05, 4.69) is 21.1 Å². The molecule has 1 saturated carbocycles. The molecule has 182 valence electrons. The predicted octanol–water partition coefficient (Wildman–Crippen LogP) is 1.49. The maximum Gasteiger partial charge on any atom is 0.416 e. The van der Waals surface area contributed by atoms with Crippen molar-refractivity contribution >= 4 is 5.91 Å². The van der Waals surface area contributed by atoms with Crippen LogP contribution in [-0.2, 0) is 15.7 Å². The van der Waals surface area contributed by atoms with Crippen LogP contribution >= 0.6 is 0 Å². The van der Waals surface area contributed by atoms with Crippen molar-refractivity contribution in [3.8, 4) is 0 Å². The van der Waals surface area contributed by atoms with Crippen molar-refractivity contribution in [2.24, 2.45) is 5.92 Å². The molecule has 0 radical (unpaired) electrons. The van der Waals surface area contributed by atoms with E-state index < -0.39 is 23.8 Å². The van der Waals surface area contributed by atoms with Gasteiger partial charge in [0.25, 0.3) is 0 Å². The first-order valence-corrected chi connectivity index (χ1v) is 11.1. The van der Waals surface area contributed by atoms with Crippen LogP contribution in [-0.4, -0.2) is 66.7 Å². The van der Waals surface area contributed by atoms with Crippen molar-refractivity contribution in [2.75, 3.05) is 32.8 Å². The van der Waals surface area contributed by atoms with E-state index in [-0.39, 0.29) is 35.4 Å². The number of fused-ring (bicyclic) bond motifs is 1.